The van der Waals surface area contributed by atoms with E-state index in [0.717, 1.165) is 19.3 Å². The number of rotatable bonds is 8. The van der Waals surface area contributed by atoms with Crippen LogP contribution in [0.1, 0.15) is 53.4 Å². The lowest BCUT2D eigenvalue weighted by atomic mass is 9.83. The summed E-state index contributed by atoms with van der Waals surface area (Å²) < 4.78 is 12.5. The first-order chi connectivity index (χ1) is 7.52. The second kappa shape index (κ2) is 8.54. The second-order valence-corrected chi connectivity index (χ2v) is 4.83. The molecule has 1 amide bonds. The average molecular weight is 231 g/mol. The minimum atomic E-state index is -0.361. The highest BCUT2D eigenvalue weighted by molar-refractivity contribution is 5.73. The van der Waals surface area contributed by atoms with E-state index < -0.39 is 0 Å². The van der Waals surface area contributed by atoms with E-state index in [2.05, 4.69) is 26.1 Å². The van der Waals surface area contributed by atoms with Gasteiger partial charge in [-0.15, -0.1) is 0 Å². The molecule has 1 N–H and O–H groups in total. The highest BCUT2D eigenvalue weighted by atomic mass is 19.1. The van der Waals surface area contributed by atoms with E-state index in [9.17, 15) is 9.18 Å². The van der Waals surface area contributed by atoms with Gasteiger partial charge < -0.3 is 5.32 Å². The predicted octanol–water partition coefficient (Wildman–Crippen LogP) is 3.31. The molecule has 0 rings (SSSR count). The summed E-state index contributed by atoms with van der Waals surface area (Å²) >= 11 is 0. The summed E-state index contributed by atoms with van der Waals surface area (Å²) in [5.41, 5.74) is 0. The van der Waals surface area contributed by atoms with Gasteiger partial charge in [0.2, 0.25) is 5.91 Å². The van der Waals surface area contributed by atoms with Crippen LogP contribution < -0.4 is 5.32 Å². The third-order valence-corrected chi connectivity index (χ3v) is 3.07. The van der Waals surface area contributed by atoms with Crippen molar-refractivity contribution in [1.29, 1.82) is 0 Å². The molecule has 0 spiro atoms. The molecule has 0 aliphatic heterocycles. The minimum absolute atomic E-state index is 0.00551. The Balaban J connectivity index is 4.44. The van der Waals surface area contributed by atoms with Gasteiger partial charge in [0, 0.05) is 13.0 Å². The van der Waals surface area contributed by atoms with Crippen LogP contribution in [0.15, 0.2) is 0 Å². The van der Waals surface area contributed by atoms with Gasteiger partial charge in [0.15, 0.2) is 0 Å². The van der Waals surface area contributed by atoms with Gasteiger partial charge in [-0.1, -0.05) is 33.6 Å². The Hall–Kier alpha value is -0.600. The molecule has 0 heterocycles. The Bertz CT molecular complexity index is 194. The van der Waals surface area contributed by atoms with Crippen LogP contribution in [0.3, 0.4) is 0 Å². The van der Waals surface area contributed by atoms with Gasteiger partial charge in [-0.05, 0) is 24.7 Å². The SMILES string of the molecule is CCCCC(C(C)C)[C@H](CCF)NC(C)=O. The molecule has 0 aromatic rings. The molecule has 0 aliphatic rings. The van der Waals surface area contributed by atoms with Crippen LogP contribution >= 0.6 is 0 Å². The van der Waals surface area contributed by atoms with Crippen molar-refractivity contribution in [2.24, 2.45) is 11.8 Å². The number of nitrogens with one attached hydrogen (secondary N) is 1. The summed E-state index contributed by atoms with van der Waals surface area (Å²) in [5, 5.41) is 2.89. The number of carbonyl (C=O) groups is 1. The van der Waals surface area contributed by atoms with Gasteiger partial charge in [0.05, 0.1) is 6.67 Å². The fourth-order valence-corrected chi connectivity index (χ4v) is 2.21. The summed E-state index contributed by atoms with van der Waals surface area (Å²) in [7, 11) is 0. The largest absolute Gasteiger partial charge is 0.353 e. The Labute approximate surface area is 99.0 Å². The molecule has 1 unspecified atom stereocenters. The van der Waals surface area contributed by atoms with Gasteiger partial charge in [0.1, 0.15) is 0 Å². The van der Waals surface area contributed by atoms with Gasteiger partial charge in [-0.2, -0.15) is 0 Å². The number of hydrogen-bond acceptors (Lipinski definition) is 1. The maximum absolute atomic E-state index is 12.5. The van der Waals surface area contributed by atoms with Crippen molar-refractivity contribution >= 4 is 5.91 Å². The summed E-state index contributed by atoms with van der Waals surface area (Å²) in [6, 6.07) is -0.00551. The Kier molecular flexibility index (Phi) is 8.22. The van der Waals surface area contributed by atoms with Crippen molar-refractivity contribution in [3.63, 3.8) is 0 Å². The highest BCUT2D eigenvalue weighted by Crippen LogP contribution is 2.24. The molecule has 2 atom stereocenters. The maximum atomic E-state index is 12.5. The Morgan fingerprint density at radius 2 is 1.94 bits per heavy atom. The molecule has 0 fully saturated rings. The number of alkyl halides is 1. The molecule has 16 heavy (non-hydrogen) atoms. The van der Waals surface area contributed by atoms with Crippen LogP contribution in [-0.4, -0.2) is 18.6 Å². The number of halogens is 1. The summed E-state index contributed by atoms with van der Waals surface area (Å²) in [4.78, 5) is 11.1. The van der Waals surface area contributed by atoms with Crippen molar-refractivity contribution in [1.82, 2.24) is 5.32 Å². The molecule has 3 heteroatoms. The predicted molar refractivity (Wildman–Crippen MR) is 66.0 cm³/mol. The van der Waals surface area contributed by atoms with Crippen molar-refractivity contribution in [2.75, 3.05) is 6.67 Å². The quantitative estimate of drug-likeness (QED) is 0.682. The summed E-state index contributed by atoms with van der Waals surface area (Å²) in [6.07, 6.45) is 3.79. The van der Waals surface area contributed by atoms with Gasteiger partial charge >= 0.3 is 0 Å². The number of unbranched alkanes of at least 4 members (excludes halogenated alkanes) is 1. The van der Waals surface area contributed by atoms with Gasteiger partial charge in [0.25, 0.3) is 0 Å². The molecule has 96 valence electrons. The zero-order valence-electron chi connectivity index (χ0n) is 11.1. The van der Waals surface area contributed by atoms with E-state index in [-0.39, 0.29) is 18.6 Å². The molecular formula is C13H26FNO. The van der Waals surface area contributed by atoms with Crippen LogP contribution in [0, 0.1) is 11.8 Å². The number of amides is 1. The maximum Gasteiger partial charge on any atom is 0.217 e. The first-order valence-corrected chi connectivity index (χ1v) is 6.36. The van der Waals surface area contributed by atoms with E-state index in [1.54, 1.807) is 0 Å². The minimum Gasteiger partial charge on any atom is -0.353 e. The Morgan fingerprint density at radius 3 is 2.31 bits per heavy atom. The standard InChI is InChI=1S/C13H26FNO/c1-5-6-7-12(10(2)3)13(8-9-14)15-11(4)16/h10,12-13H,5-9H2,1-4H3,(H,15,16)/t12?,13-/m0/s1. The van der Waals surface area contributed by atoms with Crippen LogP contribution in [-0.2, 0) is 4.79 Å². The number of hydrogen-bond donors (Lipinski definition) is 1. The number of carbonyl (C=O) groups excluding carboxylic acids is 1. The van der Waals surface area contributed by atoms with Crippen molar-refractivity contribution in [3.8, 4) is 0 Å². The molecule has 0 saturated carbocycles. The van der Waals surface area contributed by atoms with E-state index in [1.165, 1.54) is 6.92 Å². The first kappa shape index (κ1) is 15.4. The monoisotopic (exact) mass is 231 g/mol. The van der Waals surface area contributed by atoms with Crippen molar-refractivity contribution in [2.45, 2.75) is 59.4 Å². The summed E-state index contributed by atoms with van der Waals surface area (Å²) in [5.74, 6) is 0.815. The molecule has 0 bridgehead atoms. The lowest BCUT2D eigenvalue weighted by Gasteiger charge is -2.30. The molecule has 0 radical (unpaired) electrons. The van der Waals surface area contributed by atoms with Crippen LogP contribution in [0.4, 0.5) is 4.39 Å². The zero-order valence-corrected chi connectivity index (χ0v) is 11.1. The first-order valence-electron chi connectivity index (χ1n) is 6.36. The second-order valence-electron chi connectivity index (χ2n) is 4.83. The molecule has 2 nitrogen and oxygen atoms in total. The zero-order chi connectivity index (χ0) is 12.6. The summed E-state index contributed by atoms with van der Waals surface area (Å²) in [6.45, 7) is 7.59. The van der Waals surface area contributed by atoms with E-state index >= 15 is 0 Å². The van der Waals surface area contributed by atoms with E-state index in [0.29, 0.717) is 18.3 Å². The van der Waals surface area contributed by atoms with Crippen molar-refractivity contribution < 1.29 is 9.18 Å². The molecule has 0 aromatic carbocycles. The molecule has 0 saturated heterocycles. The third kappa shape index (κ3) is 6.09. The smallest absolute Gasteiger partial charge is 0.217 e. The Morgan fingerprint density at radius 1 is 1.31 bits per heavy atom. The highest BCUT2D eigenvalue weighted by Gasteiger charge is 2.24. The van der Waals surface area contributed by atoms with Crippen molar-refractivity contribution in [3.05, 3.63) is 0 Å². The van der Waals surface area contributed by atoms with Crippen LogP contribution in [0.25, 0.3) is 0 Å². The molecule has 0 aromatic heterocycles. The molecule has 0 aliphatic carbocycles. The van der Waals surface area contributed by atoms with E-state index in [4.69, 9.17) is 0 Å². The average Bonchev–Trinajstić information content (AvgIpc) is 2.17. The van der Waals surface area contributed by atoms with E-state index in [1.807, 2.05) is 0 Å². The fraction of sp³-hybridized carbons (Fsp3) is 0.923. The molecular weight excluding hydrogens is 205 g/mol. The van der Waals surface area contributed by atoms with Crippen LogP contribution in [0.2, 0.25) is 0 Å². The lowest BCUT2D eigenvalue weighted by Crippen LogP contribution is -2.41. The van der Waals surface area contributed by atoms with Gasteiger partial charge in [-0.3, -0.25) is 9.18 Å². The topological polar surface area (TPSA) is 29.1 Å². The van der Waals surface area contributed by atoms with Crippen LogP contribution in [0.5, 0.6) is 0 Å². The third-order valence-electron chi connectivity index (χ3n) is 3.07. The van der Waals surface area contributed by atoms with Gasteiger partial charge in [-0.25, -0.2) is 0 Å². The lowest BCUT2D eigenvalue weighted by molar-refractivity contribution is -0.120. The fourth-order valence-electron chi connectivity index (χ4n) is 2.21. The normalized spacial score (nSPS) is 14.9.